The third kappa shape index (κ3) is 22.9. The van der Waals surface area contributed by atoms with Crippen LogP contribution in [0.15, 0.2) is 324 Å². The number of oxazole rings is 3. The highest BCUT2D eigenvalue weighted by atomic mass is 32.1. The number of rotatable bonds is 27. The summed E-state index contributed by atoms with van der Waals surface area (Å²) in [6, 6.07) is 84.6. The van der Waals surface area contributed by atoms with Crippen molar-refractivity contribution in [2.75, 3.05) is 52.2 Å². The number of amides is 5. The van der Waals surface area contributed by atoms with E-state index in [1.807, 2.05) is 197 Å². The van der Waals surface area contributed by atoms with Crippen molar-refractivity contribution >= 4 is 154 Å². The molecule has 0 saturated carbocycles. The van der Waals surface area contributed by atoms with E-state index < -0.39 is 28.7 Å². The van der Waals surface area contributed by atoms with Crippen molar-refractivity contribution < 1.29 is 61.1 Å². The lowest BCUT2D eigenvalue weighted by Gasteiger charge is -2.39. The number of thiophene rings is 3. The molecule has 0 radical (unpaired) electrons. The summed E-state index contributed by atoms with van der Waals surface area (Å²) < 4.78 is 35.5. The van der Waals surface area contributed by atoms with Crippen LogP contribution in [0.25, 0.3) is 65.0 Å². The molecule has 0 aliphatic carbocycles. The van der Waals surface area contributed by atoms with Gasteiger partial charge in [-0.15, -0.1) is 34.0 Å². The molecule has 9 heterocycles. The molecule has 0 aliphatic rings. The first-order valence-electron chi connectivity index (χ1n) is 44.4. The van der Waals surface area contributed by atoms with Gasteiger partial charge in [-0.05, 0) is 180 Å². The van der Waals surface area contributed by atoms with Crippen molar-refractivity contribution in [1.82, 2.24) is 43.6 Å². The van der Waals surface area contributed by atoms with Crippen LogP contribution in [0.4, 0.5) is 34.9 Å². The first-order chi connectivity index (χ1) is 66.1. The number of imidazole rings is 3. The summed E-state index contributed by atoms with van der Waals surface area (Å²) in [4.78, 5) is 111. The van der Waals surface area contributed by atoms with Crippen molar-refractivity contribution in [2.45, 2.75) is 116 Å². The topological polar surface area (TPSA) is 353 Å². The van der Waals surface area contributed by atoms with Crippen LogP contribution in [0.3, 0.4) is 0 Å². The number of carboxylic acids is 1. The second-order valence-corrected chi connectivity index (χ2v) is 48.4. The number of aromatic nitrogens is 9. The van der Waals surface area contributed by atoms with Crippen LogP contribution in [-0.2, 0) is 28.5 Å². The van der Waals surface area contributed by atoms with Crippen LogP contribution >= 0.6 is 34.0 Å². The fraction of sp³-hybridized carbons (Fsp3) is 0.200. The van der Waals surface area contributed by atoms with Gasteiger partial charge < -0.3 is 66.5 Å². The van der Waals surface area contributed by atoms with Crippen molar-refractivity contribution in [2.24, 2.45) is 0 Å². The Labute approximate surface area is 812 Å². The maximum atomic E-state index is 13.7. The predicted molar refractivity (Wildman–Crippen MR) is 550 cm³/mol. The Morgan fingerprint density at radius 2 is 0.710 bits per heavy atom. The quantitative estimate of drug-likeness (QED) is 0.0299. The van der Waals surface area contributed by atoms with Crippen LogP contribution < -0.4 is 31.1 Å². The molecule has 3 atom stereocenters. The Morgan fingerprint density at radius 3 is 1.04 bits per heavy atom. The van der Waals surface area contributed by atoms with E-state index in [1.54, 1.807) is 120 Å². The summed E-state index contributed by atoms with van der Waals surface area (Å²) in [7, 11) is 0.947. The molecule has 33 heteroatoms. The van der Waals surface area contributed by atoms with Crippen LogP contribution in [0.5, 0.6) is 0 Å². The lowest BCUT2D eigenvalue weighted by Crippen LogP contribution is -2.42. The van der Waals surface area contributed by atoms with Gasteiger partial charge in [-0.25, -0.2) is 34.7 Å². The average molecular weight is 1940 g/mol. The summed E-state index contributed by atoms with van der Waals surface area (Å²) in [6.07, 6.45) is 7.49. The van der Waals surface area contributed by atoms with Gasteiger partial charge in [0.05, 0.1) is 114 Å². The number of anilines is 6. The summed E-state index contributed by atoms with van der Waals surface area (Å²) in [5.41, 5.74) is 17.6. The molecule has 9 aromatic heterocycles. The number of benzene rings is 9. The molecule has 0 aliphatic heterocycles. The van der Waals surface area contributed by atoms with Gasteiger partial charge in [0.15, 0.2) is 53.1 Å². The van der Waals surface area contributed by atoms with E-state index in [2.05, 4.69) is 123 Å². The highest BCUT2D eigenvalue weighted by molar-refractivity contribution is 7.18. The third-order valence-electron chi connectivity index (χ3n) is 24.4. The third-order valence-corrected chi connectivity index (χ3v) is 36.6. The second kappa shape index (κ2) is 42.5. The maximum Gasteiger partial charge on any atom is 0.345 e. The second-order valence-electron chi connectivity index (χ2n) is 35.7. The summed E-state index contributed by atoms with van der Waals surface area (Å²) in [5, 5.41) is 25.8. The molecule has 0 spiro atoms. The van der Waals surface area contributed by atoms with Gasteiger partial charge in [0.2, 0.25) is 17.8 Å². The SMILES string of the molecule is CN(C(=O)c1ccccc1)c1ccc2c(c1)nc(N)n2C[C@H](O[Si](C)(C)C(C)(C)C)c1ccccc1.CN(C(=O)c1ccccc1)c1ccc2c(c1)nc(NC(=O)c1ccc(-c3cnco3)s1)n2C[C@H](O)c1ccccc1.CN(C(=O)c1ccccc1)c1ccc2c(c1)nc(NC(=O)c1ccc(-c3cnco3)s1)n2C[C@H](O[Si](C)(C)C(C)(C)C)c1ccccc1.O=C(O)c1ccc(-c2cnco2)s1. The molecule has 0 fully saturated rings. The minimum Gasteiger partial charge on any atom is -0.477 e. The first-order valence-corrected chi connectivity index (χ1v) is 52.7. The molecule has 0 unspecified atom stereocenters. The first kappa shape index (κ1) is 97.6. The zero-order valence-corrected chi connectivity index (χ0v) is 82.8. The molecule has 138 heavy (non-hydrogen) atoms. The number of aliphatic hydroxyl groups excluding tert-OH is 1. The zero-order chi connectivity index (χ0) is 97.7. The number of hydrogen-bond donors (Lipinski definition) is 5. The average Bonchev–Trinajstić information content (AvgIpc) is 1.63. The largest absolute Gasteiger partial charge is 0.477 e. The molecule has 18 rings (SSSR count). The fourth-order valence-corrected chi connectivity index (χ4v) is 19.7. The number of hydrogen-bond acceptors (Lipinski definition) is 22. The fourth-order valence-electron chi connectivity index (χ4n) is 14.6. The minimum atomic E-state index is -2.22. The summed E-state index contributed by atoms with van der Waals surface area (Å²) >= 11 is 3.75. The number of aliphatic hydroxyl groups is 1. The van der Waals surface area contributed by atoms with E-state index >= 15 is 0 Å². The van der Waals surface area contributed by atoms with Gasteiger partial charge >= 0.3 is 5.97 Å². The van der Waals surface area contributed by atoms with Crippen molar-refractivity contribution in [3.8, 4) is 31.9 Å². The number of nitrogens with one attached hydrogen (secondary N) is 2. The van der Waals surface area contributed by atoms with E-state index in [4.69, 9.17) is 42.9 Å². The van der Waals surface area contributed by atoms with Gasteiger partial charge in [-0.1, -0.05) is 187 Å². The predicted octanol–water partition coefficient (Wildman–Crippen LogP) is 23.8. The van der Waals surface area contributed by atoms with Gasteiger partial charge in [0, 0.05) is 54.9 Å². The summed E-state index contributed by atoms with van der Waals surface area (Å²) in [5.74, 6) is 0.954. The molecule has 0 saturated heterocycles. The van der Waals surface area contributed by atoms with Crippen LogP contribution in [0.1, 0.15) is 137 Å². The molecular formula is C105H105N15O13S3Si2. The number of fused-ring (bicyclic) bond motifs is 3. The van der Waals surface area contributed by atoms with Crippen LogP contribution in [0.2, 0.25) is 36.3 Å². The Hall–Kier alpha value is -14.9. The lowest BCUT2D eigenvalue weighted by molar-refractivity contribution is 0.0700. The van der Waals surface area contributed by atoms with Crippen molar-refractivity contribution in [1.29, 1.82) is 0 Å². The number of aromatic carboxylic acids is 1. The lowest BCUT2D eigenvalue weighted by atomic mass is 10.1. The number of nitrogen functional groups attached to an aromatic ring is 1. The normalized spacial score (nSPS) is 12.3. The van der Waals surface area contributed by atoms with E-state index in [0.29, 0.717) is 102 Å². The monoisotopic (exact) mass is 1940 g/mol. The Bertz CT molecular complexity index is 7230. The summed E-state index contributed by atoms with van der Waals surface area (Å²) in [6.45, 7) is 23.6. The number of carbonyl (C=O) groups is 6. The maximum absolute atomic E-state index is 13.7. The molecule has 704 valence electrons. The Balaban J connectivity index is 0.000000148. The molecule has 28 nitrogen and oxygen atoms in total. The molecule has 18 aromatic rings. The minimum absolute atomic E-state index is 0.0146. The number of nitrogens with zero attached hydrogens (tertiary/aromatic N) is 12. The molecule has 6 N–H and O–H groups in total. The van der Waals surface area contributed by atoms with Gasteiger partial charge in [0.1, 0.15) is 4.88 Å². The van der Waals surface area contributed by atoms with Gasteiger partial charge in [-0.3, -0.25) is 34.6 Å². The van der Waals surface area contributed by atoms with Gasteiger partial charge in [0.25, 0.3) is 29.5 Å². The smallest absolute Gasteiger partial charge is 0.345 e. The number of carbonyl (C=O) groups excluding carboxylic acids is 5. The van der Waals surface area contributed by atoms with Crippen molar-refractivity contribution in [3.63, 3.8) is 0 Å². The number of nitrogens with two attached hydrogens (primary N) is 1. The van der Waals surface area contributed by atoms with E-state index in [-0.39, 0.29) is 64.3 Å². The van der Waals surface area contributed by atoms with E-state index in [1.165, 1.54) is 53.2 Å². The molecule has 0 bridgehead atoms. The van der Waals surface area contributed by atoms with E-state index in [9.17, 15) is 33.9 Å². The van der Waals surface area contributed by atoms with Crippen LogP contribution in [-0.4, -0.2) is 127 Å². The Kier molecular flexibility index (Phi) is 30.1. The zero-order valence-electron chi connectivity index (χ0n) is 78.4. The standard InChI is InChI=1S/C37H39N5O4SSi.C31H25N5O4S.C29H36N4O2Si.C8H5NO3S/c1-37(2,3)48(5,6)46-31(25-13-9-7-10-14-25)23-42-29-18-17-27(41(4)35(44)26-15-11-8-12-16-26)21-28(29)39-36(42)40-34(43)33-20-19-32(47-33)30-22-38-24-45-30;1-35(30(39)21-10-6-3-7-11-21)22-12-13-24-23(16-22)33-31(36(24)18-25(37)20-8-4-2-5-9-20)34-29(38)28-15-14-27(41-28)26-17-32-19-40-26;1-29(2,3)36(5,6)35-26(21-13-9-7-10-14-21)20-33-25-18-17-23(19-24(25)31-28(33)30)32(4)27(34)22-15-11-8-12-16-22;10-8(11)7-2-1-6(13-7)5-3-9-4-12-5/h7-22,24,31H,23H2,1-6H3,(H,39,40,43);2-17,19,25,37H,18H2,1H3,(H,33,34,38);7-19,26H,20H2,1-6H3,(H2,30,31);1-4H,(H,10,11)/t31-;25-;26-;/m000./s1. The highest BCUT2D eigenvalue weighted by Gasteiger charge is 2.42. The van der Waals surface area contributed by atoms with Crippen molar-refractivity contribution in [3.05, 3.63) is 359 Å². The molecule has 5 amide bonds. The van der Waals surface area contributed by atoms with E-state index in [0.717, 1.165) is 53.6 Å². The molecule has 9 aromatic carbocycles. The van der Waals surface area contributed by atoms with Crippen LogP contribution in [0, 0.1) is 0 Å². The highest BCUT2D eigenvalue weighted by Crippen LogP contribution is 2.44. The van der Waals surface area contributed by atoms with Gasteiger partial charge in [-0.2, -0.15) is 0 Å². The Morgan fingerprint density at radius 1 is 0.406 bits per heavy atom. The number of carboxylic acid groups (broad SMARTS) is 1. The molecular weight excluding hydrogens is 1830 g/mol.